The Kier molecular flexibility index (Phi) is 7.53. The Labute approximate surface area is 292 Å². The molecule has 9 aromatic rings. The van der Waals surface area contributed by atoms with Crippen LogP contribution in [-0.2, 0) is 0 Å². The van der Waals surface area contributed by atoms with Crippen molar-refractivity contribution in [1.82, 2.24) is 4.57 Å². The summed E-state index contributed by atoms with van der Waals surface area (Å²) in [5.41, 5.74) is 14.2. The molecule has 1 aromatic heterocycles. The molecule has 0 radical (unpaired) electrons. The SMILES string of the molecule is c1ccc(-c2cccc(-c3ccc(N(c4ccccc4)c4ccc(-c5ccc(-n6c7ccccc7c7ccccc76)cc5)cc4)cc3)c2)cc1. The van der Waals surface area contributed by atoms with E-state index in [0.29, 0.717) is 0 Å². The van der Waals surface area contributed by atoms with Crippen molar-refractivity contribution in [3.8, 4) is 39.1 Å². The van der Waals surface area contributed by atoms with Crippen molar-refractivity contribution in [2.24, 2.45) is 0 Å². The Bertz CT molecular complexity index is 2490. The van der Waals surface area contributed by atoms with Crippen molar-refractivity contribution in [1.29, 1.82) is 0 Å². The maximum atomic E-state index is 2.36. The summed E-state index contributed by atoms with van der Waals surface area (Å²) in [4.78, 5) is 2.32. The van der Waals surface area contributed by atoms with Gasteiger partial charge in [-0.05, 0) is 100 Å². The van der Waals surface area contributed by atoms with Gasteiger partial charge in [-0.1, -0.05) is 140 Å². The van der Waals surface area contributed by atoms with Crippen LogP contribution in [0.5, 0.6) is 0 Å². The lowest BCUT2D eigenvalue weighted by Gasteiger charge is -2.26. The molecular formula is C48H34N2. The number of rotatable bonds is 7. The standard InChI is InChI=1S/C48H34N2/c1-3-12-35(13-4-1)39-14-11-15-40(34-39)38-26-30-43(31-27-38)49(41-16-5-2-6-17-41)42-28-22-36(23-29-42)37-24-32-44(33-25-37)50-47-20-9-7-18-45(47)46-19-8-10-21-48(46)50/h1-34H. The van der Waals surface area contributed by atoms with Crippen LogP contribution in [0, 0.1) is 0 Å². The second-order valence-electron chi connectivity index (χ2n) is 12.6. The topological polar surface area (TPSA) is 8.17 Å². The average molecular weight is 639 g/mol. The Balaban J connectivity index is 1.02. The molecule has 0 unspecified atom stereocenters. The lowest BCUT2D eigenvalue weighted by Crippen LogP contribution is -2.09. The molecule has 2 nitrogen and oxygen atoms in total. The van der Waals surface area contributed by atoms with E-state index >= 15 is 0 Å². The number of hydrogen-bond acceptors (Lipinski definition) is 1. The van der Waals surface area contributed by atoms with Gasteiger partial charge in [0.15, 0.2) is 0 Å². The first-order valence-electron chi connectivity index (χ1n) is 17.1. The summed E-state index contributed by atoms with van der Waals surface area (Å²) in [6.07, 6.45) is 0. The molecule has 0 atom stereocenters. The lowest BCUT2D eigenvalue weighted by molar-refractivity contribution is 1.18. The van der Waals surface area contributed by atoms with Crippen LogP contribution >= 0.6 is 0 Å². The number of hydrogen-bond donors (Lipinski definition) is 0. The quantitative estimate of drug-likeness (QED) is 0.169. The zero-order valence-electron chi connectivity index (χ0n) is 27.5. The van der Waals surface area contributed by atoms with Gasteiger partial charge in [0.2, 0.25) is 0 Å². The molecule has 0 saturated carbocycles. The zero-order valence-corrected chi connectivity index (χ0v) is 27.5. The zero-order chi connectivity index (χ0) is 33.3. The molecule has 0 saturated heterocycles. The number of para-hydroxylation sites is 3. The Morgan fingerprint density at radius 2 is 0.660 bits per heavy atom. The fraction of sp³-hybridized carbons (Fsp3) is 0. The van der Waals surface area contributed by atoms with Gasteiger partial charge < -0.3 is 9.47 Å². The van der Waals surface area contributed by atoms with Gasteiger partial charge in [0.25, 0.3) is 0 Å². The van der Waals surface area contributed by atoms with Crippen LogP contribution in [0.3, 0.4) is 0 Å². The fourth-order valence-corrected chi connectivity index (χ4v) is 7.14. The largest absolute Gasteiger partial charge is 0.311 e. The highest BCUT2D eigenvalue weighted by atomic mass is 15.1. The number of anilines is 3. The minimum absolute atomic E-state index is 1.11. The average Bonchev–Trinajstić information content (AvgIpc) is 3.54. The van der Waals surface area contributed by atoms with Gasteiger partial charge in [-0.25, -0.2) is 0 Å². The molecule has 0 spiro atoms. The molecule has 50 heavy (non-hydrogen) atoms. The fourth-order valence-electron chi connectivity index (χ4n) is 7.14. The normalized spacial score (nSPS) is 11.2. The van der Waals surface area contributed by atoms with Crippen molar-refractivity contribution < 1.29 is 0 Å². The van der Waals surface area contributed by atoms with Crippen molar-refractivity contribution in [3.63, 3.8) is 0 Å². The first-order chi connectivity index (χ1) is 24.8. The first-order valence-corrected chi connectivity index (χ1v) is 17.1. The smallest absolute Gasteiger partial charge is 0.0541 e. The monoisotopic (exact) mass is 638 g/mol. The van der Waals surface area contributed by atoms with E-state index in [2.05, 4.69) is 216 Å². The van der Waals surface area contributed by atoms with E-state index in [1.165, 1.54) is 55.2 Å². The van der Waals surface area contributed by atoms with Crippen LogP contribution in [0.2, 0.25) is 0 Å². The molecule has 1 heterocycles. The second kappa shape index (κ2) is 12.8. The van der Waals surface area contributed by atoms with E-state index in [1.807, 2.05) is 0 Å². The van der Waals surface area contributed by atoms with Crippen molar-refractivity contribution >= 4 is 38.9 Å². The highest BCUT2D eigenvalue weighted by Gasteiger charge is 2.14. The minimum Gasteiger partial charge on any atom is -0.311 e. The first kappa shape index (κ1) is 29.5. The van der Waals surface area contributed by atoms with Crippen LogP contribution < -0.4 is 4.90 Å². The van der Waals surface area contributed by atoms with Crippen LogP contribution in [0.25, 0.3) is 60.9 Å². The van der Waals surface area contributed by atoms with Gasteiger partial charge in [0.05, 0.1) is 11.0 Å². The van der Waals surface area contributed by atoms with E-state index in [4.69, 9.17) is 0 Å². The van der Waals surface area contributed by atoms with E-state index < -0.39 is 0 Å². The van der Waals surface area contributed by atoms with Gasteiger partial charge in [-0.2, -0.15) is 0 Å². The highest BCUT2D eigenvalue weighted by Crippen LogP contribution is 2.38. The lowest BCUT2D eigenvalue weighted by atomic mass is 9.99. The Morgan fingerprint density at radius 3 is 1.20 bits per heavy atom. The molecule has 0 aliphatic heterocycles. The van der Waals surface area contributed by atoms with Crippen LogP contribution in [-0.4, -0.2) is 4.57 Å². The molecule has 8 aromatic carbocycles. The molecule has 0 aliphatic carbocycles. The number of fused-ring (bicyclic) bond motifs is 3. The van der Waals surface area contributed by atoms with Gasteiger partial charge in [0.1, 0.15) is 0 Å². The van der Waals surface area contributed by atoms with E-state index in [-0.39, 0.29) is 0 Å². The maximum absolute atomic E-state index is 2.36. The third-order valence-electron chi connectivity index (χ3n) is 9.61. The summed E-state index contributed by atoms with van der Waals surface area (Å²) >= 11 is 0. The number of benzene rings is 8. The summed E-state index contributed by atoms with van der Waals surface area (Å²) in [6.45, 7) is 0. The van der Waals surface area contributed by atoms with Gasteiger partial charge in [-0.15, -0.1) is 0 Å². The predicted molar refractivity (Wildman–Crippen MR) is 212 cm³/mol. The van der Waals surface area contributed by atoms with Crippen molar-refractivity contribution in [3.05, 3.63) is 206 Å². The van der Waals surface area contributed by atoms with Crippen LogP contribution in [0.15, 0.2) is 206 Å². The third-order valence-corrected chi connectivity index (χ3v) is 9.61. The molecule has 0 amide bonds. The Morgan fingerprint density at radius 1 is 0.280 bits per heavy atom. The van der Waals surface area contributed by atoms with E-state index in [0.717, 1.165) is 22.7 Å². The van der Waals surface area contributed by atoms with Crippen molar-refractivity contribution in [2.75, 3.05) is 4.90 Å². The molecule has 0 bridgehead atoms. The molecule has 9 rings (SSSR count). The van der Waals surface area contributed by atoms with Crippen molar-refractivity contribution in [2.45, 2.75) is 0 Å². The minimum atomic E-state index is 1.11. The van der Waals surface area contributed by atoms with Crippen LogP contribution in [0.1, 0.15) is 0 Å². The second-order valence-corrected chi connectivity index (χ2v) is 12.6. The van der Waals surface area contributed by atoms with E-state index in [9.17, 15) is 0 Å². The summed E-state index contributed by atoms with van der Waals surface area (Å²) in [7, 11) is 0. The summed E-state index contributed by atoms with van der Waals surface area (Å²) < 4.78 is 2.36. The number of nitrogens with zero attached hydrogens (tertiary/aromatic N) is 2. The van der Waals surface area contributed by atoms with Crippen LogP contribution in [0.4, 0.5) is 17.1 Å². The maximum Gasteiger partial charge on any atom is 0.0541 e. The Hall–Kier alpha value is -6.64. The predicted octanol–water partition coefficient (Wildman–Crippen LogP) is 13.3. The van der Waals surface area contributed by atoms with Gasteiger partial charge in [-0.3, -0.25) is 0 Å². The summed E-state index contributed by atoms with van der Waals surface area (Å²) in [5, 5.41) is 2.55. The molecule has 0 fully saturated rings. The molecule has 236 valence electrons. The van der Waals surface area contributed by atoms with Gasteiger partial charge in [0, 0.05) is 33.5 Å². The van der Waals surface area contributed by atoms with Gasteiger partial charge >= 0.3 is 0 Å². The highest BCUT2D eigenvalue weighted by molar-refractivity contribution is 6.09. The summed E-state index contributed by atoms with van der Waals surface area (Å²) in [5.74, 6) is 0. The molecule has 2 heteroatoms. The molecular weight excluding hydrogens is 605 g/mol. The third kappa shape index (κ3) is 5.43. The molecule has 0 N–H and O–H groups in total. The summed E-state index contributed by atoms with van der Waals surface area (Å²) in [6, 6.07) is 73.9. The molecule has 0 aliphatic rings. The number of aromatic nitrogens is 1. The van der Waals surface area contributed by atoms with E-state index in [1.54, 1.807) is 0 Å².